The van der Waals surface area contributed by atoms with Gasteiger partial charge in [0.1, 0.15) is 55.4 Å². The number of aliphatic hydroxyl groups is 10. The highest BCUT2D eigenvalue weighted by Crippen LogP contribution is 2.45. The quantitative estimate of drug-likeness (QED) is 0.0890. The lowest BCUT2D eigenvalue weighted by Gasteiger charge is -2.52. The minimum absolute atomic E-state index is 0.0596. The number of esters is 1. The number of carbonyl (C=O) groups is 2. The summed E-state index contributed by atoms with van der Waals surface area (Å²) in [6.07, 6.45) is -20.8. The molecule has 19 heteroatoms. The SMILES string of the molecule is O=C(CC(O)C(=O)O)OCC1OC(OC2CC3C(OC4OC(CO)C(O)C(O)C4O)CC(O)CC3OC2C2CCC(O)CC2)C(O)C(O)C1O. The van der Waals surface area contributed by atoms with E-state index in [4.69, 9.17) is 33.5 Å². The maximum atomic E-state index is 12.1. The van der Waals surface area contributed by atoms with Crippen molar-refractivity contribution >= 4 is 11.9 Å². The van der Waals surface area contributed by atoms with Crippen molar-refractivity contribution in [2.75, 3.05) is 13.2 Å². The summed E-state index contributed by atoms with van der Waals surface area (Å²) in [5, 5.41) is 112. The first-order valence-electron chi connectivity index (χ1n) is 17.1. The molecule has 3 aliphatic heterocycles. The molecule has 17 atom stereocenters. The zero-order valence-electron chi connectivity index (χ0n) is 27.2. The van der Waals surface area contributed by atoms with Crippen molar-refractivity contribution in [1.29, 1.82) is 0 Å². The van der Waals surface area contributed by atoms with Crippen LogP contribution >= 0.6 is 0 Å². The van der Waals surface area contributed by atoms with Gasteiger partial charge in [-0.1, -0.05) is 0 Å². The van der Waals surface area contributed by atoms with Gasteiger partial charge in [0.25, 0.3) is 0 Å². The van der Waals surface area contributed by atoms with Gasteiger partial charge in [-0.05, 0) is 44.4 Å². The van der Waals surface area contributed by atoms with Crippen LogP contribution in [-0.2, 0) is 38.0 Å². The number of carbonyl (C=O) groups excluding carboxylic acids is 1. The lowest BCUT2D eigenvalue weighted by molar-refractivity contribution is -0.344. The number of aliphatic carboxylic acids is 1. The van der Waals surface area contributed by atoms with Gasteiger partial charge in [-0.15, -0.1) is 0 Å². The Hall–Kier alpha value is -1.66. The molecule has 3 heterocycles. The molecule has 0 bridgehead atoms. The zero-order chi connectivity index (χ0) is 36.4. The first-order chi connectivity index (χ1) is 23.7. The smallest absolute Gasteiger partial charge is 0.333 e. The molecule has 5 fully saturated rings. The van der Waals surface area contributed by atoms with Gasteiger partial charge in [0.15, 0.2) is 18.7 Å². The van der Waals surface area contributed by atoms with Crippen molar-refractivity contribution in [2.45, 2.75) is 156 Å². The molecule has 0 aromatic rings. The Kier molecular flexibility index (Phi) is 13.4. The highest BCUT2D eigenvalue weighted by atomic mass is 16.7. The standard InChI is InChI=1S/C31H50O19/c32-9-19-22(37)24(39)26(41)30(49-19)47-17-6-13(34)5-16-14(17)7-18(28(46-16)11-1-3-12(33)4-2-11)48-31-27(42)25(40)23(38)20(50-31)10-45-21(36)8-15(35)29(43)44/h11-20,22-28,30-35,37-42H,1-10H2,(H,43,44). The molecule has 0 aromatic heterocycles. The molecule has 0 spiro atoms. The van der Waals surface area contributed by atoms with Crippen LogP contribution in [0, 0.1) is 11.8 Å². The van der Waals surface area contributed by atoms with Gasteiger partial charge >= 0.3 is 11.9 Å². The zero-order valence-corrected chi connectivity index (χ0v) is 27.2. The summed E-state index contributed by atoms with van der Waals surface area (Å²) in [6.45, 7) is -1.35. The second-order valence-corrected chi connectivity index (χ2v) is 14.0. The number of fused-ring (bicyclic) bond motifs is 1. The van der Waals surface area contributed by atoms with Crippen molar-refractivity contribution in [3.8, 4) is 0 Å². The van der Waals surface area contributed by atoms with Crippen molar-refractivity contribution < 1.29 is 94.2 Å². The van der Waals surface area contributed by atoms with Crippen LogP contribution in [0.15, 0.2) is 0 Å². The lowest BCUT2D eigenvalue weighted by atomic mass is 9.73. The third-order valence-corrected chi connectivity index (χ3v) is 10.6. The summed E-state index contributed by atoms with van der Waals surface area (Å²) in [7, 11) is 0. The van der Waals surface area contributed by atoms with Crippen molar-refractivity contribution in [3.05, 3.63) is 0 Å². The van der Waals surface area contributed by atoms with Crippen LogP contribution in [0.1, 0.15) is 51.4 Å². The van der Waals surface area contributed by atoms with Crippen LogP contribution in [0.4, 0.5) is 0 Å². The van der Waals surface area contributed by atoms with Crippen molar-refractivity contribution in [2.24, 2.45) is 11.8 Å². The molecule has 3 saturated heterocycles. The van der Waals surface area contributed by atoms with Crippen LogP contribution in [0.5, 0.6) is 0 Å². The minimum Gasteiger partial charge on any atom is -0.479 e. The largest absolute Gasteiger partial charge is 0.479 e. The van der Waals surface area contributed by atoms with Gasteiger partial charge in [0.05, 0.1) is 49.7 Å². The molecular weight excluding hydrogens is 676 g/mol. The second-order valence-electron chi connectivity index (χ2n) is 14.0. The van der Waals surface area contributed by atoms with Crippen LogP contribution in [-0.4, -0.2) is 185 Å². The van der Waals surface area contributed by atoms with Gasteiger partial charge in [0, 0.05) is 12.3 Å². The van der Waals surface area contributed by atoms with Gasteiger partial charge in [0.2, 0.25) is 0 Å². The van der Waals surface area contributed by atoms with E-state index in [1.165, 1.54) is 0 Å². The fraction of sp³-hybridized carbons (Fsp3) is 0.935. The highest BCUT2D eigenvalue weighted by Gasteiger charge is 2.53. The summed E-state index contributed by atoms with van der Waals surface area (Å²) < 4.78 is 35.3. The Balaban J connectivity index is 1.33. The van der Waals surface area contributed by atoms with E-state index in [-0.39, 0.29) is 25.2 Å². The van der Waals surface area contributed by atoms with Gasteiger partial charge in [-0.3, -0.25) is 4.79 Å². The average molecular weight is 727 g/mol. The van der Waals surface area contributed by atoms with E-state index in [9.17, 15) is 60.7 Å². The Morgan fingerprint density at radius 1 is 0.680 bits per heavy atom. The Labute approximate surface area is 286 Å². The highest BCUT2D eigenvalue weighted by molar-refractivity contribution is 5.80. The molecule has 50 heavy (non-hydrogen) atoms. The number of ether oxygens (including phenoxy) is 6. The minimum atomic E-state index is -2.02. The van der Waals surface area contributed by atoms with E-state index in [1.54, 1.807) is 0 Å². The fourth-order valence-corrected chi connectivity index (χ4v) is 7.68. The van der Waals surface area contributed by atoms with E-state index in [2.05, 4.69) is 0 Å². The molecule has 0 aromatic carbocycles. The Morgan fingerprint density at radius 3 is 1.86 bits per heavy atom. The summed E-state index contributed by atoms with van der Waals surface area (Å²) in [5.41, 5.74) is 0. The first-order valence-corrected chi connectivity index (χ1v) is 17.1. The maximum Gasteiger partial charge on any atom is 0.333 e. The summed E-state index contributed by atoms with van der Waals surface area (Å²) in [4.78, 5) is 22.9. The van der Waals surface area contributed by atoms with Crippen molar-refractivity contribution in [1.82, 2.24) is 0 Å². The molecule has 0 radical (unpaired) electrons. The van der Waals surface area contributed by atoms with Crippen molar-refractivity contribution in [3.63, 3.8) is 0 Å². The summed E-state index contributed by atoms with van der Waals surface area (Å²) in [6, 6.07) is 0. The Bertz CT molecular complexity index is 1120. The molecule has 288 valence electrons. The normalized spacial score (nSPS) is 47.6. The fourth-order valence-electron chi connectivity index (χ4n) is 7.68. The van der Waals surface area contributed by atoms with E-state index in [0.29, 0.717) is 25.7 Å². The number of carboxylic acids is 1. The van der Waals surface area contributed by atoms with Crippen LogP contribution < -0.4 is 0 Å². The Morgan fingerprint density at radius 2 is 1.26 bits per heavy atom. The molecule has 0 amide bonds. The van der Waals surface area contributed by atoms with Gasteiger partial charge < -0.3 is 84.6 Å². The molecule has 11 N–H and O–H groups in total. The van der Waals surface area contributed by atoms with Crippen LogP contribution in [0.3, 0.4) is 0 Å². The number of aliphatic hydroxyl groups excluding tert-OH is 10. The van der Waals surface area contributed by atoms with Crippen LogP contribution in [0.2, 0.25) is 0 Å². The maximum absolute atomic E-state index is 12.1. The summed E-state index contributed by atoms with van der Waals surface area (Å²) in [5.74, 6) is -3.43. The average Bonchev–Trinajstić information content (AvgIpc) is 3.08. The predicted molar refractivity (Wildman–Crippen MR) is 159 cm³/mol. The topological polar surface area (TPSA) is 312 Å². The lowest BCUT2D eigenvalue weighted by Crippen LogP contribution is -2.63. The molecule has 19 nitrogen and oxygen atoms in total. The third-order valence-electron chi connectivity index (χ3n) is 10.6. The summed E-state index contributed by atoms with van der Waals surface area (Å²) >= 11 is 0. The number of carboxylic acid groups (broad SMARTS) is 1. The molecule has 2 saturated carbocycles. The molecule has 17 unspecified atom stereocenters. The first kappa shape index (κ1) is 39.5. The van der Waals surface area contributed by atoms with E-state index in [0.717, 1.165) is 0 Å². The predicted octanol–water partition coefficient (Wildman–Crippen LogP) is -4.78. The number of rotatable bonds is 11. The van der Waals surface area contributed by atoms with Crippen LogP contribution in [0.25, 0.3) is 0 Å². The molecular formula is C31H50O19. The monoisotopic (exact) mass is 726 g/mol. The van der Waals surface area contributed by atoms with E-state index < -0.39 is 142 Å². The number of hydrogen-bond donors (Lipinski definition) is 11. The molecule has 5 rings (SSSR count). The number of hydrogen-bond acceptors (Lipinski definition) is 18. The van der Waals surface area contributed by atoms with E-state index >= 15 is 0 Å². The van der Waals surface area contributed by atoms with Gasteiger partial charge in [-0.2, -0.15) is 0 Å². The molecule has 2 aliphatic carbocycles. The van der Waals surface area contributed by atoms with E-state index in [1.807, 2.05) is 0 Å². The molecule has 5 aliphatic rings. The third kappa shape index (κ3) is 8.92. The van der Waals surface area contributed by atoms with Gasteiger partial charge in [-0.25, -0.2) is 4.79 Å². The second kappa shape index (κ2) is 17.0.